The highest BCUT2D eigenvalue weighted by Gasteiger charge is 2.42. The van der Waals surface area contributed by atoms with Crippen molar-refractivity contribution in [3.05, 3.63) is 78.5 Å². The number of rotatable bonds is 4. The van der Waals surface area contributed by atoms with E-state index in [2.05, 4.69) is 44.4 Å². The molecule has 2 atom stereocenters. The lowest BCUT2D eigenvalue weighted by atomic mass is 10.0. The quantitative estimate of drug-likeness (QED) is 0.663. The molecule has 0 spiro atoms. The average Bonchev–Trinajstić information content (AvgIpc) is 3.43. The second kappa shape index (κ2) is 7.85. The molecule has 0 aliphatic carbocycles. The number of pyridine rings is 1. The van der Waals surface area contributed by atoms with Crippen LogP contribution in [0.15, 0.2) is 71.5 Å². The number of nitrogens with one attached hydrogen (secondary N) is 1. The van der Waals surface area contributed by atoms with Gasteiger partial charge in [-0.3, -0.25) is 4.98 Å². The first-order valence-corrected chi connectivity index (χ1v) is 10.2. The highest BCUT2D eigenvalue weighted by Crippen LogP contribution is 2.41. The molecule has 4 heterocycles. The van der Waals surface area contributed by atoms with E-state index in [1.54, 1.807) is 12.5 Å². The Labute approximate surface area is 175 Å². The van der Waals surface area contributed by atoms with Gasteiger partial charge in [0, 0.05) is 30.7 Å². The maximum Gasteiger partial charge on any atom is 0.174 e. The van der Waals surface area contributed by atoms with Crippen LogP contribution in [0.4, 0.5) is 11.4 Å². The van der Waals surface area contributed by atoms with E-state index in [4.69, 9.17) is 21.4 Å². The van der Waals surface area contributed by atoms with Crippen LogP contribution in [0.3, 0.4) is 0 Å². The number of morpholine rings is 1. The molecule has 6 nitrogen and oxygen atoms in total. The van der Waals surface area contributed by atoms with Gasteiger partial charge in [0.15, 0.2) is 5.11 Å². The van der Waals surface area contributed by atoms with Crippen LogP contribution in [0.25, 0.3) is 0 Å². The molecule has 1 N–H and O–H groups in total. The smallest absolute Gasteiger partial charge is 0.174 e. The maximum absolute atomic E-state index is 5.80. The van der Waals surface area contributed by atoms with Crippen molar-refractivity contribution < 1.29 is 9.15 Å². The Kier molecular flexibility index (Phi) is 4.91. The first-order valence-electron chi connectivity index (χ1n) is 9.78. The fraction of sp³-hybridized carbons (Fsp3) is 0.273. The molecular weight excluding hydrogens is 384 g/mol. The summed E-state index contributed by atoms with van der Waals surface area (Å²) in [6.07, 6.45) is 3.50. The standard InChI is InChI=1S/C22H22N4O2S/c29-22-24-20(18-4-1-2-10-23-18)21(19-5-3-13-28-19)26(22)17-8-6-16(7-9-17)25-11-14-27-15-12-25/h1-10,13,20-21H,11-12,14-15H2,(H,24,29)/t20-,21+/m1/s1. The van der Waals surface area contributed by atoms with Crippen LogP contribution in [0.1, 0.15) is 23.5 Å². The summed E-state index contributed by atoms with van der Waals surface area (Å²) in [6.45, 7) is 3.38. The minimum atomic E-state index is -0.110. The first-order chi connectivity index (χ1) is 14.3. The molecule has 3 aromatic rings. The molecular formula is C22H22N4O2S. The molecule has 0 bridgehead atoms. The topological polar surface area (TPSA) is 53.8 Å². The van der Waals surface area contributed by atoms with Gasteiger partial charge in [-0.15, -0.1) is 0 Å². The van der Waals surface area contributed by atoms with Crippen molar-refractivity contribution in [2.45, 2.75) is 12.1 Å². The van der Waals surface area contributed by atoms with E-state index < -0.39 is 0 Å². The second-order valence-electron chi connectivity index (χ2n) is 7.13. The molecule has 148 valence electrons. The summed E-state index contributed by atoms with van der Waals surface area (Å²) >= 11 is 5.73. The lowest BCUT2D eigenvalue weighted by Crippen LogP contribution is -2.36. The largest absolute Gasteiger partial charge is 0.467 e. The van der Waals surface area contributed by atoms with E-state index in [0.717, 1.165) is 43.4 Å². The zero-order valence-corrected chi connectivity index (χ0v) is 16.7. The molecule has 1 aromatic carbocycles. The zero-order valence-electron chi connectivity index (χ0n) is 15.9. The molecule has 0 radical (unpaired) electrons. The molecule has 2 saturated heterocycles. The Morgan fingerprint density at radius 2 is 1.76 bits per heavy atom. The number of anilines is 2. The number of hydrogen-bond acceptors (Lipinski definition) is 5. The van der Waals surface area contributed by atoms with Crippen LogP contribution in [-0.2, 0) is 4.74 Å². The molecule has 0 unspecified atom stereocenters. The minimum Gasteiger partial charge on any atom is -0.467 e. The van der Waals surface area contributed by atoms with E-state index in [0.29, 0.717) is 5.11 Å². The van der Waals surface area contributed by atoms with Gasteiger partial charge in [-0.1, -0.05) is 6.07 Å². The van der Waals surface area contributed by atoms with Crippen molar-refractivity contribution in [3.63, 3.8) is 0 Å². The first kappa shape index (κ1) is 18.1. The fourth-order valence-corrected chi connectivity index (χ4v) is 4.37. The Morgan fingerprint density at radius 1 is 0.966 bits per heavy atom. The molecule has 2 aliphatic rings. The molecule has 2 aliphatic heterocycles. The number of ether oxygens (including phenoxy) is 1. The van der Waals surface area contributed by atoms with Crippen LogP contribution in [0.5, 0.6) is 0 Å². The van der Waals surface area contributed by atoms with Crippen molar-refractivity contribution in [1.82, 2.24) is 10.3 Å². The van der Waals surface area contributed by atoms with Crippen molar-refractivity contribution >= 4 is 28.7 Å². The molecule has 5 rings (SSSR count). The summed E-state index contributed by atoms with van der Waals surface area (Å²) in [4.78, 5) is 9.01. The second-order valence-corrected chi connectivity index (χ2v) is 7.51. The third-order valence-electron chi connectivity index (χ3n) is 5.44. The number of benzene rings is 1. The van der Waals surface area contributed by atoms with Crippen molar-refractivity contribution in [1.29, 1.82) is 0 Å². The SMILES string of the molecule is S=C1N[C@H](c2ccccn2)[C@H](c2ccco2)N1c1ccc(N2CCOCC2)cc1. The van der Waals surface area contributed by atoms with E-state index in [1.165, 1.54) is 5.69 Å². The molecule has 2 aromatic heterocycles. The van der Waals surface area contributed by atoms with Gasteiger partial charge < -0.3 is 24.3 Å². The Bertz CT molecular complexity index is 956. The van der Waals surface area contributed by atoms with E-state index in [1.807, 2.05) is 30.3 Å². The highest BCUT2D eigenvalue weighted by molar-refractivity contribution is 7.80. The summed E-state index contributed by atoms with van der Waals surface area (Å²) in [5.74, 6) is 0.852. The Morgan fingerprint density at radius 3 is 2.45 bits per heavy atom. The lowest BCUT2D eigenvalue weighted by molar-refractivity contribution is 0.122. The zero-order chi connectivity index (χ0) is 19.6. The summed E-state index contributed by atoms with van der Waals surface area (Å²) in [5, 5.41) is 4.11. The van der Waals surface area contributed by atoms with E-state index >= 15 is 0 Å². The predicted octanol–water partition coefficient (Wildman–Crippen LogP) is 3.69. The molecule has 0 amide bonds. The summed E-state index contributed by atoms with van der Waals surface area (Å²) < 4.78 is 11.3. The number of thiocarbonyl (C=S) groups is 1. The van der Waals surface area contributed by atoms with E-state index in [9.17, 15) is 0 Å². The molecule has 7 heteroatoms. The van der Waals surface area contributed by atoms with Gasteiger partial charge in [0.05, 0.1) is 31.2 Å². The highest BCUT2D eigenvalue weighted by atomic mass is 32.1. The van der Waals surface area contributed by atoms with Gasteiger partial charge in [-0.05, 0) is 60.7 Å². The third kappa shape index (κ3) is 3.47. The minimum absolute atomic E-state index is 0.0891. The van der Waals surface area contributed by atoms with Crippen LogP contribution in [0, 0.1) is 0 Å². The van der Waals surface area contributed by atoms with Gasteiger partial charge in [-0.2, -0.15) is 0 Å². The van der Waals surface area contributed by atoms with Crippen molar-refractivity contribution in [2.24, 2.45) is 0 Å². The van der Waals surface area contributed by atoms with Crippen LogP contribution in [0.2, 0.25) is 0 Å². The monoisotopic (exact) mass is 406 g/mol. The molecule has 2 fully saturated rings. The van der Waals surface area contributed by atoms with E-state index in [-0.39, 0.29) is 12.1 Å². The van der Waals surface area contributed by atoms with Gasteiger partial charge in [0.2, 0.25) is 0 Å². The van der Waals surface area contributed by atoms with Gasteiger partial charge in [0.25, 0.3) is 0 Å². The number of hydrogen-bond donors (Lipinski definition) is 1. The average molecular weight is 407 g/mol. The number of nitrogens with zero attached hydrogens (tertiary/aromatic N) is 3. The molecule has 0 saturated carbocycles. The Hall–Kier alpha value is -2.90. The third-order valence-corrected chi connectivity index (χ3v) is 5.75. The van der Waals surface area contributed by atoms with Crippen LogP contribution >= 0.6 is 12.2 Å². The number of furan rings is 1. The van der Waals surface area contributed by atoms with Gasteiger partial charge in [0.1, 0.15) is 11.8 Å². The van der Waals surface area contributed by atoms with Crippen molar-refractivity contribution in [3.8, 4) is 0 Å². The normalized spacial score (nSPS) is 22.0. The van der Waals surface area contributed by atoms with Crippen molar-refractivity contribution in [2.75, 3.05) is 36.1 Å². The van der Waals surface area contributed by atoms with Crippen LogP contribution < -0.4 is 15.1 Å². The predicted molar refractivity (Wildman–Crippen MR) is 116 cm³/mol. The van der Waals surface area contributed by atoms with Gasteiger partial charge >= 0.3 is 0 Å². The summed E-state index contributed by atoms with van der Waals surface area (Å²) in [5.41, 5.74) is 3.16. The summed E-state index contributed by atoms with van der Waals surface area (Å²) in [6, 6.07) is 18.2. The lowest BCUT2D eigenvalue weighted by Gasteiger charge is -2.30. The maximum atomic E-state index is 5.80. The Balaban J connectivity index is 1.48. The van der Waals surface area contributed by atoms with Crippen LogP contribution in [-0.4, -0.2) is 36.4 Å². The summed E-state index contributed by atoms with van der Waals surface area (Å²) in [7, 11) is 0. The fourth-order valence-electron chi connectivity index (χ4n) is 4.03. The molecule has 29 heavy (non-hydrogen) atoms. The van der Waals surface area contributed by atoms with Gasteiger partial charge in [-0.25, -0.2) is 0 Å². The number of aromatic nitrogens is 1.